The van der Waals surface area contributed by atoms with E-state index in [2.05, 4.69) is 9.97 Å². The molecule has 0 radical (unpaired) electrons. The number of aromatic nitrogens is 2. The number of hydrogen-bond acceptors (Lipinski definition) is 5. The summed E-state index contributed by atoms with van der Waals surface area (Å²) < 4.78 is 5.07. The van der Waals surface area contributed by atoms with E-state index in [1.54, 1.807) is 24.3 Å². The van der Waals surface area contributed by atoms with E-state index < -0.39 is 5.97 Å². The standard InChI is InChI=1S/C11H9N3O2/c12-8-2-1-3-9(6-8)16-11(15)10-4-5-13-7-14-10/h1-7H,12H2. The highest BCUT2D eigenvalue weighted by Gasteiger charge is 2.09. The van der Waals surface area contributed by atoms with E-state index in [0.29, 0.717) is 11.4 Å². The van der Waals surface area contributed by atoms with Crippen LogP contribution in [0.4, 0.5) is 5.69 Å². The molecule has 80 valence electrons. The van der Waals surface area contributed by atoms with E-state index in [4.69, 9.17) is 10.5 Å². The molecule has 1 heterocycles. The van der Waals surface area contributed by atoms with Crippen LogP contribution in [0.5, 0.6) is 5.75 Å². The molecule has 0 aliphatic rings. The molecule has 2 N–H and O–H groups in total. The smallest absolute Gasteiger partial charge is 0.362 e. The molecule has 5 nitrogen and oxygen atoms in total. The second-order valence-electron chi connectivity index (χ2n) is 3.06. The number of esters is 1. The molecule has 0 amide bonds. The number of nitrogen functional groups attached to an aromatic ring is 1. The molecule has 0 saturated carbocycles. The molecule has 0 bridgehead atoms. The molecule has 5 heteroatoms. The topological polar surface area (TPSA) is 78.1 Å². The van der Waals surface area contributed by atoms with Gasteiger partial charge in [0.1, 0.15) is 12.1 Å². The Morgan fingerprint density at radius 2 is 2.19 bits per heavy atom. The van der Waals surface area contributed by atoms with Crippen molar-refractivity contribution in [2.45, 2.75) is 0 Å². The van der Waals surface area contributed by atoms with Gasteiger partial charge in [-0.3, -0.25) is 0 Å². The summed E-state index contributed by atoms with van der Waals surface area (Å²) in [6.07, 6.45) is 2.76. The average molecular weight is 215 g/mol. The molecule has 2 aromatic rings. The molecule has 0 unspecified atom stereocenters. The fraction of sp³-hybridized carbons (Fsp3) is 0. The normalized spacial score (nSPS) is 9.75. The first-order valence-electron chi connectivity index (χ1n) is 4.59. The number of ether oxygens (including phenoxy) is 1. The van der Waals surface area contributed by atoms with Crippen LogP contribution < -0.4 is 10.5 Å². The van der Waals surface area contributed by atoms with E-state index in [1.807, 2.05) is 0 Å². The maximum atomic E-state index is 11.6. The van der Waals surface area contributed by atoms with Crippen molar-refractivity contribution in [2.75, 3.05) is 5.73 Å². The van der Waals surface area contributed by atoms with Crippen molar-refractivity contribution >= 4 is 11.7 Å². The zero-order valence-corrected chi connectivity index (χ0v) is 8.33. The SMILES string of the molecule is Nc1cccc(OC(=O)c2ccncn2)c1. The number of rotatable bonds is 2. The Kier molecular flexibility index (Phi) is 2.77. The van der Waals surface area contributed by atoms with E-state index in [9.17, 15) is 4.79 Å². The molecule has 0 aliphatic carbocycles. The Morgan fingerprint density at radius 1 is 1.31 bits per heavy atom. The third-order valence-corrected chi connectivity index (χ3v) is 1.86. The van der Waals surface area contributed by atoms with Gasteiger partial charge < -0.3 is 10.5 Å². The summed E-state index contributed by atoms with van der Waals surface area (Å²) in [7, 11) is 0. The number of carbonyl (C=O) groups is 1. The summed E-state index contributed by atoms with van der Waals surface area (Å²) in [6.45, 7) is 0. The van der Waals surface area contributed by atoms with Crippen molar-refractivity contribution in [3.8, 4) is 5.75 Å². The van der Waals surface area contributed by atoms with Crippen molar-refractivity contribution in [3.63, 3.8) is 0 Å². The molecule has 0 spiro atoms. The van der Waals surface area contributed by atoms with Crippen molar-refractivity contribution in [2.24, 2.45) is 0 Å². The second-order valence-corrected chi connectivity index (χ2v) is 3.06. The molecule has 16 heavy (non-hydrogen) atoms. The van der Waals surface area contributed by atoms with Crippen LogP contribution in [0.25, 0.3) is 0 Å². The zero-order valence-electron chi connectivity index (χ0n) is 8.33. The fourth-order valence-corrected chi connectivity index (χ4v) is 1.15. The molecule has 0 atom stereocenters. The molecule has 0 fully saturated rings. The van der Waals surface area contributed by atoms with Gasteiger partial charge in [-0.05, 0) is 18.2 Å². The van der Waals surface area contributed by atoms with Crippen LogP contribution in [0.1, 0.15) is 10.5 Å². The van der Waals surface area contributed by atoms with Gasteiger partial charge in [-0.2, -0.15) is 0 Å². The van der Waals surface area contributed by atoms with Gasteiger partial charge in [-0.15, -0.1) is 0 Å². The van der Waals surface area contributed by atoms with Crippen LogP contribution in [0.15, 0.2) is 42.9 Å². The monoisotopic (exact) mass is 215 g/mol. The highest BCUT2D eigenvalue weighted by molar-refractivity contribution is 5.88. The number of nitrogens with two attached hydrogens (primary N) is 1. The van der Waals surface area contributed by atoms with Crippen LogP contribution in [-0.4, -0.2) is 15.9 Å². The fourth-order valence-electron chi connectivity index (χ4n) is 1.15. The minimum atomic E-state index is -0.534. The average Bonchev–Trinajstić information content (AvgIpc) is 2.30. The Balaban J connectivity index is 2.14. The van der Waals surface area contributed by atoms with Crippen LogP contribution in [0, 0.1) is 0 Å². The highest BCUT2D eigenvalue weighted by Crippen LogP contribution is 2.15. The molecule has 0 saturated heterocycles. The van der Waals surface area contributed by atoms with Gasteiger partial charge >= 0.3 is 5.97 Å². The van der Waals surface area contributed by atoms with E-state index in [-0.39, 0.29) is 5.69 Å². The number of nitrogens with zero attached hydrogens (tertiary/aromatic N) is 2. The third-order valence-electron chi connectivity index (χ3n) is 1.86. The van der Waals surface area contributed by atoms with Gasteiger partial charge in [-0.1, -0.05) is 6.07 Å². The van der Waals surface area contributed by atoms with E-state index >= 15 is 0 Å². The van der Waals surface area contributed by atoms with Crippen molar-refractivity contribution in [1.29, 1.82) is 0 Å². The lowest BCUT2D eigenvalue weighted by Gasteiger charge is -2.03. The Hall–Kier alpha value is -2.43. The number of carbonyl (C=O) groups excluding carboxylic acids is 1. The number of benzene rings is 1. The summed E-state index contributed by atoms with van der Waals surface area (Å²) in [5, 5.41) is 0. The number of anilines is 1. The summed E-state index contributed by atoms with van der Waals surface area (Å²) in [5.41, 5.74) is 6.30. The zero-order chi connectivity index (χ0) is 11.4. The molecular formula is C11H9N3O2. The lowest BCUT2D eigenvalue weighted by molar-refractivity contribution is 0.0728. The van der Waals surface area contributed by atoms with Crippen LogP contribution in [0.3, 0.4) is 0 Å². The lowest BCUT2D eigenvalue weighted by Crippen LogP contribution is -2.10. The predicted octanol–water partition coefficient (Wildman–Crippen LogP) is 1.28. The molecule has 1 aromatic carbocycles. The first kappa shape index (κ1) is 10.1. The quantitative estimate of drug-likeness (QED) is 0.463. The van der Waals surface area contributed by atoms with Gasteiger partial charge in [0.05, 0.1) is 0 Å². The predicted molar refractivity (Wildman–Crippen MR) is 57.8 cm³/mol. The Bertz CT molecular complexity index is 500. The van der Waals surface area contributed by atoms with E-state index in [1.165, 1.54) is 18.6 Å². The third kappa shape index (κ3) is 2.33. The summed E-state index contributed by atoms with van der Waals surface area (Å²) in [6, 6.07) is 8.11. The van der Waals surface area contributed by atoms with Crippen LogP contribution >= 0.6 is 0 Å². The van der Waals surface area contributed by atoms with Gasteiger partial charge in [0, 0.05) is 18.0 Å². The maximum Gasteiger partial charge on any atom is 0.362 e. The first-order valence-corrected chi connectivity index (χ1v) is 4.59. The van der Waals surface area contributed by atoms with Gasteiger partial charge in [0.15, 0.2) is 5.69 Å². The Labute approximate surface area is 91.9 Å². The first-order chi connectivity index (χ1) is 7.75. The number of hydrogen-bond donors (Lipinski definition) is 1. The highest BCUT2D eigenvalue weighted by atomic mass is 16.5. The molecule has 1 aromatic heterocycles. The summed E-state index contributed by atoms with van der Waals surface area (Å²) in [5.74, 6) is -0.142. The van der Waals surface area contributed by atoms with Gasteiger partial charge in [-0.25, -0.2) is 14.8 Å². The van der Waals surface area contributed by atoms with Crippen LogP contribution in [0.2, 0.25) is 0 Å². The maximum absolute atomic E-state index is 11.6. The minimum Gasteiger partial charge on any atom is -0.422 e. The Morgan fingerprint density at radius 3 is 2.88 bits per heavy atom. The minimum absolute atomic E-state index is 0.206. The lowest BCUT2D eigenvalue weighted by atomic mass is 10.3. The van der Waals surface area contributed by atoms with Crippen molar-refractivity contribution in [1.82, 2.24) is 9.97 Å². The summed E-state index contributed by atoms with van der Waals surface area (Å²) in [4.78, 5) is 19.1. The molecule has 2 rings (SSSR count). The van der Waals surface area contributed by atoms with E-state index in [0.717, 1.165) is 0 Å². The molecular weight excluding hydrogens is 206 g/mol. The van der Waals surface area contributed by atoms with Crippen molar-refractivity contribution < 1.29 is 9.53 Å². The largest absolute Gasteiger partial charge is 0.422 e. The second kappa shape index (κ2) is 4.39. The summed E-state index contributed by atoms with van der Waals surface area (Å²) >= 11 is 0. The van der Waals surface area contributed by atoms with Crippen LogP contribution in [-0.2, 0) is 0 Å². The van der Waals surface area contributed by atoms with Crippen molar-refractivity contribution in [3.05, 3.63) is 48.5 Å². The van der Waals surface area contributed by atoms with Gasteiger partial charge in [0.2, 0.25) is 0 Å². The molecule has 0 aliphatic heterocycles. The van der Waals surface area contributed by atoms with Gasteiger partial charge in [0.25, 0.3) is 0 Å².